The second kappa shape index (κ2) is 3.95. The Morgan fingerprint density at radius 1 is 1.00 bits per heavy atom. The Morgan fingerprint density at radius 2 is 1.53 bits per heavy atom. The van der Waals surface area contributed by atoms with Gasteiger partial charge in [-0.15, -0.1) is 0 Å². The van der Waals surface area contributed by atoms with Crippen molar-refractivity contribution in [3.05, 3.63) is 17.0 Å². The van der Waals surface area contributed by atoms with Gasteiger partial charge in [0.15, 0.2) is 0 Å². The van der Waals surface area contributed by atoms with E-state index < -0.39 is 0 Å². The van der Waals surface area contributed by atoms with Crippen molar-refractivity contribution < 1.29 is 0 Å². The third-order valence-electron chi connectivity index (χ3n) is 4.29. The van der Waals surface area contributed by atoms with Crippen molar-refractivity contribution in [1.29, 1.82) is 0 Å². The Hall–Kier alpha value is -1.16. The van der Waals surface area contributed by atoms with E-state index in [1.807, 2.05) is 0 Å². The number of aromatic nitrogens is 2. The lowest BCUT2D eigenvalue weighted by Crippen LogP contribution is -2.27. The fraction of sp³-hybridized carbons (Fsp3) is 0.692. The normalized spacial score (nSPS) is 27.6. The third-order valence-corrected chi connectivity index (χ3v) is 4.29. The molecule has 3 rings (SSSR count). The summed E-state index contributed by atoms with van der Waals surface area (Å²) in [6.07, 6.45) is 0. The lowest BCUT2D eigenvalue weighted by Gasteiger charge is -2.19. The van der Waals surface area contributed by atoms with E-state index in [2.05, 4.69) is 41.0 Å². The van der Waals surface area contributed by atoms with Gasteiger partial charge in [0.1, 0.15) is 0 Å². The maximum atomic E-state index is 4.64. The highest BCUT2D eigenvalue weighted by Crippen LogP contribution is 2.29. The first-order chi connectivity index (χ1) is 8.15. The number of hydrogen-bond acceptors (Lipinski definition) is 4. The molecule has 4 heteroatoms. The maximum Gasteiger partial charge on any atom is 0.225 e. The molecule has 17 heavy (non-hydrogen) atoms. The van der Waals surface area contributed by atoms with Crippen molar-refractivity contribution in [2.24, 2.45) is 11.8 Å². The Balaban J connectivity index is 1.86. The summed E-state index contributed by atoms with van der Waals surface area (Å²) in [4.78, 5) is 11.6. The zero-order valence-electron chi connectivity index (χ0n) is 10.8. The van der Waals surface area contributed by atoms with Crippen LogP contribution in [0.25, 0.3) is 0 Å². The molecule has 1 aromatic rings. The van der Waals surface area contributed by atoms with Gasteiger partial charge in [-0.25, -0.2) is 9.97 Å². The lowest BCUT2D eigenvalue weighted by molar-refractivity contribution is 0.533. The summed E-state index contributed by atoms with van der Waals surface area (Å²) >= 11 is 0. The summed E-state index contributed by atoms with van der Waals surface area (Å²) in [7, 11) is 0. The smallest absolute Gasteiger partial charge is 0.225 e. The van der Waals surface area contributed by atoms with Crippen LogP contribution in [0.3, 0.4) is 0 Å². The number of fused-ring (bicyclic) bond motifs is 1. The first kappa shape index (κ1) is 11.0. The number of anilines is 1. The SMILES string of the molecule is Cc1nc(N2C[C@H]3CNC[C@H]3C2)nc(C)c1C. The maximum absolute atomic E-state index is 4.64. The van der Waals surface area contributed by atoms with E-state index >= 15 is 0 Å². The highest BCUT2D eigenvalue weighted by Gasteiger charge is 2.37. The molecule has 3 heterocycles. The van der Waals surface area contributed by atoms with E-state index in [0.717, 1.165) is 55.4 Å². The fourth-order valence-corrected chi connectivity index (χ4v) is 2.91. The summed E-state index contributed by atoms with van der Waals surface area (Å²) in [5.41, 5.74) is 3.44. The minimum atomic E-state index is 0.792. The predicted molar refractivity (Wildman–Crippen MR) is 68.3 cm³/mol. The van der Waals surface area contributed by atoms with Crippen molar-refractivity contribution in [1.82, 2.24) is 15.3 Å². The molecule has 1 aromatic heterocycles. The van der Waals surface area contributed by atoms with Crippen LogP contribution in [0, 0.1) is 32.6 Å². The summed E-state index contributed by atoms with van der Waals surface area (Å²) in [6, 6.07) is 0. The number of nitrogens with one attached hydrogen (secondary N) is 1. The molecule has 0 spiro atoms. The molecule has 0 radical (unpaired) electrons. The van der Waals surface area contributed by atoms with Crippen LogP contribution in [0.4, 0.5) is 5.95 Å². The quantitative estimate of drug-likeness (QED) is 0.786. The van der Waals surface area contributed by atoms with Crippen LogP contribution >= 0.6 is 0 Å². The van der Waals surface area contributed by atoms with Gasteiger partial charge < -0.3 is 10.2 Å². The minimum Gasteiger partial charge on any atom is -0.340 e. The van der Waals surface area contributed by atoms with Crippen LogP contribution in [0.2, 0.25) is 0 Å². The highest BCUT2D eigenvalue weighted by atomic mass is 15.3. The van der Waals surface area contributed by atoms with Crippen molar-refractivity contribution in [3.8, 4) is 0 Å². The molecular formula is C13H20N4. The molecule has 1 N–H and O–H groups in total. The van der Waals surface area contributed by atoms with Crippen LogP contribution in [-0.4, -0.2) is 36.1 Å². The molecule has 0 amide bonds. The van der Waals surface area contributed by atoms with E-state index in [1.54, 1.807) is 0 Å². The number of nitrogens with zero attached hydrogens (tertiary/aromatic N) is 3. The first-order valence-corrected chi connectivity index (χ1v) is 6.42. The molecule has 2 aliphatic heterocycles. The second-order valence-corrected chi connectivity index (χ2v) is 5.40. The van der Waals surface area contributed by atoms with Gasteiger partial charge in [0.2, 0.25) is 5.95 Å². The fourth-order valence-electron chi connectivity index (χ4n) is 2.91. The number of rotatable bonds is 1. The van der Waals surface area contributed by atoms with Crippen LogP contribution in [0.15, 0.2) is 0 Å². The monoisotopic (exact) mass is 232 g/mol. The van der Waals surface area contributed by atoms with Gasteiger partial charge in [-0.3, -0.25) is 0 Å². The molecule has 2 saturated heterocycles. The molecular weight excluding hydrogens is 212 g/mol. The number of hydrogen-bond donors (Lipinski definition) is 1. The summed E-state index contributed by atoms with van der Waals surface area (Å²) in [6.45, 7) is 10.8. The second-order valence-electron chi connectivity index (χ2n) is 5.40. The van der Waals surface area contributed by atoms with Crippen molar-refractivity contribution in [2.45, 2.75) is 20.8 Å². The van der Waals surface area contributed by atoms with Gasteiger partial charge in [-0.2, -0.15) is 0 Å². The zero-order chi connectivity index (χ0) is 12.0. The average Bonchev–Trinajstić information content (AvgIpc) is 2.84. The van der Waals surface area contributed by atoms with Gasteiger partial charge in [0.25, 0.3) is 0 Å². The molecule has 2 atom stereocenters. The molecule has 2 aliphatic rings. The average molecular weight is 232 g/mol. The predicted octanol–water partition coefficient (Wildman–Crippen LogP) is 1.06. The van der Waals surface area contributed by atoms with Gasteiger partial charge in [0, 0.05) is 37.6 Å². The standard InChI is InChI=1S/C13H20N4/c1-8-9(2)15-13(16-10(8)3)17-6-11-4-14-5-12(11)7-17/h11-12,14H,4-7H2,1-3H3/t11-,12+. The molecule has 2 fully saturated rings. The van der Waals surface area contributed by atoms with Crippen molar-refractivity contribution >= 4 is 5.95 Å². The molecule has 0 saturated carbocycles. The molecule has 0 unspecified atom stereocenters. The Bertz CT molecular complexity index is 408. The van der Waals surface area contributed by atoms with E-state index in [-0.39, 0.29) is 0 Å². The topological polar surface area (TPSA) is 41.1 Å². The Labute approximate surface area is 102 Å². The van der Waals surface area contributed by atoms with Crippen LogP contribution in [-0.2, 0) is 0 Å². The van der Waals surface area contributed by atoms with Gasteiger partial charge >= 0.3 is 0 Å². The third kappa shape index (κ3) is 1.80. The highest BCUT2D eigenvalue weighted by molar-refractivity contribution is 5.37. The van der Waals surface area contributed by atoms with Crippen LogP contribution < -0.4 is 10.2 Å². The van der Waals surface area contributed by atoms with Gasteiger partial charge in [-0.05, 0) is 38.2 Å². The Morgan fingerprint density at radius 3 is 2.06 bits per heavy atom. The van der Waals surface area contributed by atoms with E-state index in [9.17, 15) is 0 Å². The molecule has 0 bridgehead atoms. The molecule has 0 aliphatic carbocycles. The van der Waals surface area contributed by atoms with Crippen LogP contribution in [0.5, 0.6) is 0 Å². The van der Waals surface area contributed by atoms with E-state index in [0.29, 0.717) is 0 Å². The van der Waals surface area contributed by atoms with Crippen molar-refractivity contribution in [3.63, 3.8) is 0 Å². The van der Waals surface area contributed by atoms with E-state index in [4.69, 9.17) is 0 Å². The first-order valence-electron chi connectivity index (χ1n) is 6.42. The summed E-state index contributed by atoms with van der Waals surface area (Å²) in [5.74, 6) is 2.51. The summed E-state index contributed by atoms with van der Waals surface area (Å²) in [5, 5.41) is 3.46. The van der Waals surface area contributed by atoms with Crippen molar-refractivity contribution in [2.75, 3.05) is 31.1 Å². The molecule has 92 valence electrons. The molecule has 0 aromatic carbocycles. The van der Waals surface area contributed by atoms with E-state index in [1.165, 1.54) is 5.56 Å². The van der Waals surface area contributed by atoms with Gasteiger partial charge in [-0.1, -0.05) is 0 Å². The number of aryl methyl sites for hydroxylation is 2. The minimum absolute atomic E-state index is 0.792. The summed E-state index contributed by atoms with van der Waals surface area (Å²) < 4.78 is 0. The lowest BCUT2D eigenvalue weighted by atomic mass is 10.0. The Kier molecular flexibility index (Phi) is 2.54. The van der Waals surface area contributed by atoms with Crippen LogP contribution in [0.1, 0.15) is 17.0 Å². The zero-order valence-corrected chi connectivity index (χ0v) is 10.8. The van der Waals surface area contributed by atoms with Gasteiger partial charge in [0.05, 0.1) is 0 Å². The molecule has 4 nitrogen and oxygen atoms in total. The largest absolute Gasteiger partial charge is 0.340 e.